The Kier molecular flexibility index (Phi) is 2.10. The molecule has 0 unspecified atom stereocenters. The van der Waals surface area contributed by atoms with E-state index in [-0.39, 0.29) is 0 Å². The van der Waals surface area contributed by atoms with Crippen LogP contribution in [0.25, 0.3) is 10.6 Å². The minimum Gasteiger partial charge on any atom is -0.264 e. The lowest BCUT2D eigenvalue weighted by atomic mass is 10.2. The molecular formula is C10H10N2S. The molecule has 0 N–H and O–H groups in total. The quantitative estimate of drug-likeness (QED) is 0.691. The number of hydrogen-bond donors (Lipinski definition) is 0. The zero-order chi connectivity index (χ0) is 9.26. The van der Waals surface area contributed by atoms with Gasteiger partial charge >= 0.3 is 0 Å². The summed E-state index contributed by atoms with van der Waals surface area (Å²) in [6, 6.07) is 2.01. The van der Waals surface area contributed by atoms with Crippen LogP contribution in [0.5, 0.6) is 0 Å². The lowest BCUT2D eigenvalue weighted by molar-refractivity contribution is 1.26. The molecule has 3 heteroatoms. The van der Waals surface area contributed by atoms with E-state index >= 15 is 0 Å². The Morgan fingerprint density at radius 3 is 2.69 bits per heavy atom. The Hall–Kier alpha value is -1.22. The number of aromatic nitrogens is 2. The summed E-state index contributed by atoms with van der Waals surface area (Å²) < 4.78 is 0. The van der Waals surface area contributed by atoms with Crippen molar-refractivity contribution in [1.29, 1.82) is 0 Å². The Morgan fingerprint density at radius 2 is 2.08 bits per heavy atom. The van der Waals surface area contributed by atoms with Gasteiger partial charge in [0.15, 0.2) is 0 Å². The molecular weight excluding hydrogens is 180 g/mol. The zero-order valence-electron chi connectivity index (χ0n) is 7.61. The monoisotopic (exact) mass is 190 g/mol. The standard InChI is InChI=1S/C10H10N2S/c1-7-5-11-4-3-9(7)10-12-6-8(2)13-10/h3-6H,1-2H3. The van der Waals surface area contributed by atoms with Crippen LogP contribution in [-0.4, -0.2) is 9.97 Å². The van der Waals surface area contributed by atoms with Gasteiger partial charge in [0.1, 0.15) is 5.01 Å². The van der Waals surface area contributed by atoms with Gasteiger partial charge in [-0.3, -0.25) is 4.98 Å². The van der Waals surface area contributed by atoms with E-state index in [4.69, 9.17) is 0 Å². The fraction of sp³-hybridized carbons (Fsp3) is 0.200. The fourth-order valence-corrected chi connectivity index (χ4v) is 2.05. The summed E-state index contributed by atoms with van der Waals surface area (Å²) in [6.07, 6.45) is 5.57. The van der Waals surface area contributed by atoms with Gasteiger partial charge in [-0.1, -0.05) is 0 Å². The van der Waals surface area contributed by atoms with Crippen molar-refractivity contribution in [3.05, 3.63) is 35.1 Å². The molecule has 0 radical (unpaired) electrons. The van der Waals surface area contributed by atoms with Crippen LogP contribution in [0.4, 0.5) is 0 Å². The topological polar surface area (TPSA) is 25.8 Å². The molecule has 0 aromatic carbocycles. The van der Waals surface area contributed by atoms with Crippen LogP contribution in [0.2, 0.25) is 0 Å². The molecule has 0 amide bonds. The highest BCUT2D eigenvalue weighted by Gasteiger charge is 2.04. The average Bonchev–Trinajstić information content (AvgIpc) is 2.53. The minimum atomic E-state index is 1.08. The smallest absolute Gasteiger partial charge is 0.123 e. The third-order valence-electron chi connectivity index (χ3n) is 1.87. The largest absolute Gasteiger partial charge is 0.264 e. The van der Waals surface area contributed by atoms with Crippen LogP contribution in [-0.2, 0) is 0 Å². The molecule has 0 aliphatic rings. The summed E-state index contributed by atoms with van der Waals surface area (Å²) in [4.78, 5) is 9.63. The van der Waals surface area contributed by atoms with Gasteiger partial charge in [0.2, 0.25) is 0 Å². The van der Waals surface area contributed by atoms with Gasteiger partial charge in [-0.05, 0) is 25.5 Å². The SMILES string of the molecule is Cc1cnc(-c2ccncc2C)s1. The number of rotatable bonds is 1. The summed E-state index contributed by atoms with van der Waals surface area (Å²) >= 11 is 1.72. The molecule has 0 saturated heterocycles. The number of aryl methyl sites for hydroxylation is 2. The average molecular weight is 190 g/mol. The van der Waals surface area contributed by atoms with Crippen LogP contribution < -0.4 is 0 Å². The van der Waals surface area contributed by atoms with Gasteiger partial charge in [-0.25, -0.2) is 4.98 Å². The summed E-state index contributed by atoms with van der Waals surface area (Å²) in [6.45, 7) is 4.12. The van der Waals surface area contributed by atoms with E-state index in [0.717, 1.165) is 5.01 Å². The molecule has 0 aliphatic heterocycles. The third kappa shape index (κ3) is 1.60. The Balaban J connectivity index is 2.52. The van der Waals surface area contributed by atoms with Gasteiger partial charge in [0.05, 0.1) is 0 Å². The van der Waals surface area contributed by atoms with Gasteiger partial charge in [0.25, 0.3) is 0 Å². The van der Waals surface area contributed by atoms with Crippen molar-refractivity contribution in [3.8, 4) is 10.6 Å². The van der Waals surface area contributed by atoms with E-state index in [1.54, 1.807) is 17.5 Å². The first-order valence-electron chi connectivity index (χ1n) is 4.11. The van der Waals surface area contributed by atoms with Crippen molar-refractivity contribution in [1.82, 2.24) is 9.97 Å². The maximum atomic E-state index is 4.34. The van der Waals surface area contributed by atoms with Crippen molar-refractivity contribution >= 4 is 11.3 Å². The maximum absolute atomic E-state index is 4.34. The van der Waals surface area contributed by atoms with E-state index in [9.17, 15) is 0 Å². The number of hydrogen-bond acceptors (Lipinski definition) is 3. The Bertz CT molecular complexity index is 420. The van der Waals surface area contributed by atoms with Crippen molar-refractivity contribution in [2.75, 3.05) is 0 Å². The summed E-state index contributed by atoms with van der Waals surface area (Å²) in [5, 5.41) is 1.08. The molecule has 2 rings (SSSR count). The second-order valence-corrected chi connectivity index (χ2v) is 4.20. The van der Waals surface area contributed by atoms with Crippen molar-refractivity contribution in [2.45, 2.75) is 13.8 Å². The van der Waals surface area contributed by atoms with Crippen LogP contribution in [0.15, 0.2) is 24.7 Å². The lowest BCUT2D eigenvalue weighted by Crippen LogP contribution is -1.82. The van der Waals surface area contributed by atoms with Crippen molar-refractivity contribution in [2.24, 2.45) is 0 Å². The first kappa shape index (κ1) is 8.38. The molecule has 0 aliphatic carbocycles. The molecule has 13 heavy (non-hydrogen) atoms. The van der Waals surface area contributed by atoms with Crippen molar-refractivity contribution in [3.63, 3.8) is 0 Å². The second-order valence-electron chi connectivity index (χ2n) is 2.97. The van der Waals surface area contributed by atoms with E-state index in [2.05, 4.69) is 23.8 Å². The molecule has 2 heterocycles. The molecule has 0 bridgehead atoms. The van der Waals surface area contributed by atoms with Crippen LogP contribution >= 0.6 is 11.3 Å². The molecule has 0 fully saturated rings. The predicted molar refractivity (Wildman–Crippen MR) is 54.8 cm³/mol. The number of thiazole rings is 1. The summed E-state index contributed by atoms with van der Waals surface area (Å²) in [5.41, 5.74) is 2.37. The molecule has 66 valence electrons. The normalized spacial score (nSPS) is 10.3. The van der Waals surface area contributed by atoms with Gasteiger partial charge in [-0.2, -0.15) is 0 Å². The summed E-state index contributed by atoms with van der Waals surface area (Å²) in [5.74, 6) is 0. The Labute approximate surface area is 81.3 Å². The number of nitrogens with zero attached hydrogens (tertiary/aromatic N) is 2. The first-order valence-corrected chi connectivity index (χ1v) is 4.92. The molecule has 2 nitrogen and oxygen atoms in total. The van der Waals surface area contributed by atoms with Crippen LogP contribution in [0, 0.1) is 13.8 Å². The minimum absolute atomic E-state index is 1.08. The highest BCUT2D eigenvalue weighted by molar-refractivity contribution is 7.14. The van der Waals surface area contributed by atoms with Crippen molar-refractivity contribution < 1.29 is 0 Å². The number of pyridine rings is 1. The predicted octanol–water partition coefficient (Wildman–Crippen LogP) is 2.82. The molecule has 2 aromatic rings. The second kappa shape index (κ2) is 3.26. The highest BCUT2D eigenvalue weighted by Crippen LogP contribution is 2.26. The summed E-state index contributed by atoms with van der Waals surface area (Å²) in [7, 11) is 0. The highest BCUT2D eigenvalue weighted by atomic mass is 32.1. The molecule has 2 aromatic heterocycles. The van der Waals surface area contributed by atoms with Gasteiger partial charge in [0, 0.05) is 29.0 Å². The van der Waals surface area contributed by atoms with E-state index in [1.807, 2.05) is 18.5 Å². The first-order chi connectivity index (χ1) is 6.27. The fourth-order valence-electron chi connectivity index (χ4n) is 1.19. The van der Waals surface area contributed by atoms with Gasteiger partial charge < -0.3 is 0 Å². The van der Waals surface area contributed by atoms with Crippen LogP contribution in [0.3, 0.4) is 0 Å². The zero-order valence-corrected chi connectivity index (χ0v) is 8.43. The van der Waals surface area contributed by atoms with E-state index < -0.39 is 0 Å². The maximum Gasteiger partial charge on any atom is 0.123 e. The van der Waals surface area contributed by atoms with Gasteiger partial charge in [-0.15, -0.1) is 11.3 Å². The lowest BCUT2D eigenvalue weighted by Gasteiger charge is -1.98. The molecule has 0 atom stereocenters. The molecule has 0 spiro atoms. The molecule has 0 saturated carbocycles. The third-order valence-corrected chi connectivity index (χ3v) is 2.82. The van der Waals surface area contributed by atoms with E-state index in [1.165, 1.54) is 16.0 Å². The van der Waals surface area contributed by atoms with E-state index in [0.29, 0.717) is 0 Å². The Morgan fingerprint density at radius 1 is 1.23 bits per heavy atom. The van der Waals surface area contributed by atoms with Crippen LogP contribution in [0.1, 0.15) is 10.4 Å².